The van der Waals surface area contributed by atoms with Crippen molar-refractivity contribution in [2.75, 3.05) is 27.3 Å². The van der Waals surface area contributed by atoms with E-state index in [1.54, 1.807) is 11.1 Å². The molecular formula is C52H61N9O8. The van der Waals surface area contributed by atoms with Gasteiger partial charge in [-0.05, 0) is 93.8 Å². The first-order valence-corrected chi connectivity index (χ1v) is 23.9. The Balaban J connectivity index is 1.03. The van der Waals surface area contributed by atoms with Crippen molar-refractivity contribution >= 4 is 34.9 Å². The van der Waals surface area contributed by atoms with Crippen molar-refractivity contribution in [2.24, 2.45) is 11.8 Å². The second-order valence-electron chi connectivity index (χ2n) is 19.1. The molecule has 4 amide bonds. The predicted octanol–water partition coefficient (Wildman–Crippen LogP) is 8.90. The minimum atomic E-state index is -0.731. The van der Waals surface area contributed by atoms with E-state index >= 15 is 0 Å². The van der Waals surface area contributed by atoms with Crippen LogP contribution in [0.4, 0.5) is 9.59 Å². The fraction of sp³-hybridized carbons (Fsp3) is 0.423. The normalized spacial score (nSPS) is 18.5. The van der Waals surface area contributed by atoms with E-state index in [2.05, 4.69) is 67.6 Å². The second-order valence-corrected chi connectivity index (χ2v) is 19.1. The van der Waals surface area contributed by atoms with E-state index in [-0.39, 0.29) is 41.8 Å². The maximum Gasteiger partial charge on any atom is 0.407 e. The molecule has 5 atom stereocenters. The van der Waals surface area contributed by atoms with E-state index in [1.165, 1.54) is 14.2 Å². The number of rotatable bonds is 13. The van der Waals surface area contributed by atoms with Crippen LogP contribution in [-0.4, -0.2) is 104 Å². The van der Waals surface area contributed by atoms with E-state index < -0.39 is 30.5 Å². The van der Waals surface area contributed by atoms with Gasteiger partial charge in [-0.25, -0.2) is 19.6 Å². The standard InChI is InChI=1S/C52H61N9O8/c1-28(2)44(57-51(64)66-7)48(62)59-20-10-14-40(59)46-53-26-37(55-46)31-17-19-39-34(22-31)24-42-36-18-16-32(25-43(36)69-50(61(39)42)33-12-9-13-35(23-33)68-30(5)6)38-27-54-47(56-38)41-15-11-21-60(41)49(63)45(29(3)4)58-52(65)67-8/h9,12-13,16-19,22-30,40-41,44-45,50H,10-11,14-15,20-21H2,1-8H3,(H,53,55)(H,54,56)(H,57,64)(H,58,65)/t40-,41-,44-,45-,50?/m0/s1. The van der Waals surface area contributed by atoms with Crippen molar-refractivity contribution in [1.29, 1.82) is 0 Å². The average Bonchev–Trinajstić information content (AvgIpc) is 4.20. The van der Waals surface area contributed by atoms with E-state index in [0.29, 0.717) is 30.5 Å². The van der Waals surface area contributed by atoms with Crippen LogP contribution in [0, 0.1) is 11.8 Å². The molecule has 1 unspecified atom stereocenters. The third kappa shape index (κ3) is 9.21. The van der Waals surface area contributed by atoms with Crippen molar-refractivity contribution in [1.82, 2.24) is 44.9 Å². The zero-order valence-electron chi connectivity index (χ0n) is 40.4. The number of H-pyrrole nitrogens is 2. The summed E-state index contributed by atoms with van der Waals surface area (Å²) < 4.78 is 25.0. The zero-order valence-corrected chi connectivity index (χ0v) is 40.4. The summed E-state index contributed by atoms with van der Waals surface area (Å²) in [4.78, 5) is 72.2. The third-order valence-electron chi connectivity index (χ3n) is 13.4. The Labute approximate surface area is 401 Å². The van der Waals surface area contributed by atoms with Crippen LogP contribution in [0.15, 0.2) is 79.1 Å². The minimum Gasteiger partial charge on any atom is -0.491 e. The minimum absolute atomic E-state index is 0.0140. The fourth-order valence-corrected chi connectivity index (χ4v) is 9.96. The maximum atomic E-state index is 13.8. The third-order valence-corrected chi connectivity index (χ3v) is 13.4. The Bertz CT molecular complexity index is 2880. The summed E-state index contributed by atoms with van der Waals surface area (Å²) in [6.07, 6.45) is 4.89. The number of fused-ring (bicyclic) bond motifs is 5. The Morgan fingerprint density at radius 1 is 0.710 bits per heavy atom. The van der Waals surface area contributed by atoms with Crippen LogP contribution < -0.4 is 20.1 Å². The molecule has 0 radical (unpaired) electrons. The van der Waals surface area contributed by atoms with Gasteiger partial charge >= 0.3 is 12.2 Å². The van der Waals surface area contributed by atoms with Gasteiger partial charge in [0, 0.05) is 40.7 Å². The van der Waals surface area contributed by atoms with E-state index in [9.17, 15) is 19.2 Å². The Hall–Kier alpha value is -7.30. The Morgan fingerprint density at radius 3 is 1.83 bits per heavy atom. The molecule has 6 heterocycles. The van der Waals surface area contributed by atoms with E-state index in [0.717, 1.165) is 81.7 Å². The molecule has 2 saturated heterocycles. The molecule has 17 heteroatoms. The number of likely N-dealkylation sites (tertiary alicyclic amines) is 2. The molecule has 9 rings (SSSR count). The van der Waals surface area contributed by atoms with Gasteiger partial charge in [0.25, 0.3) is 0 Å². The molecule has 0 aliphatic carbocycles. The lowest BCUT2D eigenvalue weighted by atomic mass is 10.0. The Kier molecular flexibility index (Phi) is 13.1. The molecule has 3 aromatic carbocycles. The van der Waals surface area contributed by atoms with Crippen LogP contribution in [0.25, 0.3) is 44.7 Å². The van der Waals surface area contributed by atoms with Crippen LogP contribution in [0.5, 0.6) is 11.5 Å². The molecule has 4 N–H and O–H groups in total. The Morgan fingerprint density at radius 2 is 1.28 bits per heavy atom. The monoisotopic (exact) mass is 939 g/mol. The lowest BCUT2D eigenvalue weighted by Gasteiger charge is -2.31. The largest absolute Gasteiger partial charge is 0.491 e. The van der Waals surface area contributed by atoms with Crippen LogP contribution in [-0.2, 0) is 19.1 Å². The van der Waals surface area contributed by atoms with Crippen molar-refractivity contribution in [3.8, 4) is 45.3 Å². The van der Waals surface area contributed by atoms with Gasteiger partial charge in [0.05, 0.1) is 67.4 Å². The highest BCUT2D eigenvalue weighted by atomic mass is 16.5. The molecule has 3 aliphatic rings. The summed E-state index contributed by atoms with van der Waals surface area (Å²) >= 11 is 0. The number of hydrogen-bond acceptors (Lipinski definition) is 10. The van der Waals surface area contributed by atoms with Crippen LogP contribution in [0.1, 0.15) is 103 Å². The van der Waals surface area contributed by atoms with E-state index in [1.807, 2.05) is 76.9 Å². The molecule has 6 aromatic rings. The molecule has 0 bridgehead atoms. The quantitative estimate of drug-likeness (QED) is 0.0868. The molecule has 0 spiro atoms. The molecule has 3 aliphatic heterocycles. The number of ether oxygens (including phenoxy) is 4. The van der Waals surface area contributed by atoms with Crippen molar-refractivity contribution in [3.63, 3.8) is 0 Å². The lowest BCUT2D eigenvalue weighted by molar-refractivity contribution is -0.136. The number of nitrogens with one attached hydrogen (secondary N) is 4. The summed E-state index contributed by atoms with van der Waals surface area (Å²) in [5, 5.41) is 6.44. The lowest BCUT2D eigenvalue weighted by Crippen LogP contribution is -2.51. The molecule has 3 aromatic heterocycles. The summed E-state index contributed by atoms with van der Waals surface area (Å²) in [5.74, 6) is 2.21. The number of alkyl carbamates (subject to hydrolysis) is 2. The van der Waals surface area contributed by atoms with Gasteiger partial charge in [0.15, 0.2) is 0 Å². The number of carbonyl (C=O) groups excluding carboxylic acids is 4. The molecule has 0 saturated carbocycles. The van der Waals surface area contributed by atoms with Crippen LogP contribution in [0.2, 0.25) is 0 Å². The molecule has 17 nitrogen and oxygen atoms in total. The average molecular weight is 940 g/mol. The number of nitrogens with zero attached hydrogens (tertiary/aromatic N) is 5. The number of benzene rings is 3. The first-order valence-electron chi connectivity index (χ1n) is 23.9. The number of aromatic nitrogens is 5. The summed E-state index contributed by atoms with van der Waals surface area (Å²) in [6, 6.07) is 20.7. The van der Waals surface area contributed by atoms with Crippen molar-refractivity contribution in [2.45, 2.75) is 104 Å². The van der Waals surface area contributed by atoms with E-state index in [4.69, 9.17) is 28.9 Å². The van der Waals surface area contributed by atoms with Gasteiger partial charge < -0.3 is 53.9 Å². The van der Waals surface area contributed by atoms with Gasteiger partial charge in [-0.15, -0.1) is 0 Å². The molecular weight excluding hydrogens is 879 g/mol. The number of carbonyl (C=O) groups is 4. The van der Waals surface area contributed by atoms with Gasteiger partial charge in [-0.2, -0.15) is 0 Å². The number of imidazole rings is 2. The van der Waals surface area contributed by atoms with Crippen molar-refractivity contribution in [3.05, 3.63) is 96.3 Å². The number of hydrogen-bond donors (Lipinski definition) is 4. The van der Waals surface area contributed by atoms with Gasteiger partial charge in [-0.1, -0.05) is 52.0 Å². The highest BCUT2D eigenvalue weighted by Crippen LogP contribution is 2.47. The smallest absolute Gasteiger partial charge is 0.407 e. The molecule has 69 heavy (non-hydrogen) atoms. The summed E-state index contributed by atoms with van der Waals surface area (Å²) in [7, 11) is 2.58. The zero-order chi connectivity index (χ0) is 48.7. The van der Waals surface area contributed by atoms with Crippen LogP contribution >= 0.6 is 0 Å². The van der Waals surface area contributed by atoms with Gasteiger partial charge in [0.1, 0.15) is 35.2 Å². The topological polar surface area (TPSA) is 198 Å². The fourth-order valence-electron chi connectivity index (χ4n) is 9.96. The second kappa shape index (κ2) is 19.4. The first kappa shape index (κ1) is 46.8. The first-order chi connectivity index (χ1) is 33.2. The number of methoxy groups -OCH3 is 2. The predicted molar refractivity (Wildman–Crippen MR) is 259 cm³/mol. The SMILES string of the molecule is COC(=O)N[C@H](C(=O)N1CCC[C@H]1c1ncc(-c2ccc3c(c2)OC(c2cccc(OC(C)C)c2)n2c-3cc3cc(-c4cnc([C@@H]5CCCN5C(=O)[C@@H](NC(=O)OC)C(C)C)[nH]4)ccc32)[nH]1)C(C)C. The number of aromatic amines is 2. The highest BCUT2D eigenvalue weighted by molar-refractivity contribution is 5.93. The van der Waals surface area contributed by atoms with Crippen LogP contribution in [0.3, 0.4) is 0 Å². The molecule has 2 fully saturated rings. The van der Waals surface area contributed by atoms with Gasteiger partial charge in [-0.3, -0.25) is 9.59 Å². The summed E-state index contributed by atoms with van der Waals surface area (Å²) in [6.45, 7) is 12.7. The number of amides is 4. The highest BCUT2D eigenvalue weighted by Gasteiger charge is 2.39. The molecule has 362 valence electrons. The van der Waals surface area contributed by atoms with Crippen molar-refractivity contribution < 1.29 is 38.1 Å². The van der Waals surface area contributed by atoms with Gasteiger partial charge in [0.2, 0.25) is 18.0 Å². The maximum absolute atomic E-state index is 13.8. The summed E-state index contributed by atoms with van der Waals surface area (Å²) in [5.41, 5.74) is 7.20.